The topological polar surface area (TPSA) is 59.4 Å². The fraction of sp³-hybridized carbons (Fsp3) is 0.714. The van der Waals surface area contributed by atoms with Crippen LogP contribution >= 0.6 is 0 Å². The van der Waals surface area contributed by atoms with Crippen molar-refractivity contribution in [1.29, 1.82) is 0 Å². The number of nitrogens with one attached hydrogen (secondary N) is 1. The maximum Gasteiger partial charge on any atom is 0.273 e. The lowest BCUT2D eigenvalue weighted by Gasteiger charge is -2.16. The average Bonchev–Trinajstić information content (AvgIpc) is 2.76. The van der Waals surface area contributed by atoms with E-state index in [4.69, 9.17) is 4.74 Å². The second-order valence-corrected chi connectivity index (χ2v) is 12.2. The molecule has 1 aromatic heterocycles. The Labute approximate surface area is 128 Å². The molecule has 120 valence electrons. The lowest BCUT2D eigenvalue weighted by molar-refractivity contribution is 0.0815. The number of imidazole rings is 1. The standard InChI is InChI=1S/C14H28N4O2Si/c1-15-9-13-16-12(14(19)17(2)3)10-18(13)11-20-7-8-21(4,5)6/h10,15H,7-9,11H2,1-6H3. The molecule has 21 heavy (non-hydrogen) atoms. The highest BCUT2D eigenvalue weighted by atomic mass is 28.3. The zero-order valence-corrected chi connectivity index (χ0v) is 15.1. The van der Waals surface area contributed by atoms with Gasteiger partial charge in [-0.05, 0) is 13.1 Å². The van der Waals surface area contributed by atoms with Crippen molar-refractivity contribution in [3.63, 3.8) is 0 Å². The van der Waals surface area contributed by atoms with Gasteiger partial charge in [0.05, 0.1) is 6.54 Å². The van der Waals surface area contributed by atoms with Crippen LogP contribution in [0.25, 0.3) is 0 Å². The third-order valence-electron chi connectivity index (χ3n) is 3.05. The number of aromatic nitrogens is 2. The summed E-state index contributed by atoms with van der Waals surface area (Å²) in [5, 5.41) is 3.06. The number of amides is 1. The van der Waals surface area contributed by atoms with Gasteiger partial charge in [0.2, 0.25) is 0 Å². The fourth-order valence-electron chi connectivity index (χ4n) is 1.74. The molecule has 0 aliphatic carbocycles. The molecule has 7 heteroatoms. The molecule has 0 aliphatic heterocycles. The summed E-state index contributed by atoms with van der Waals surface area (Å²) in [7, 11) is 4.24. The molecule has 0 aromatic carbocycles. The molecule has 0 saturated carbocycles. The number of hydrogen-bond acceptors (Lipinski definition) is 4. The first kappa shape index (κ1) is 17.9. The van der Waals surface area contributed by atoms with E-state index in [1.54, 1.807) is 20.3 Å². The van der Waals surface area contributed by atoms with Crippen LogP contribution in [0.3, 0.4) is 0 Å². The molecule has 1 N–H and O–H groups in total. The minimum absolute atomic E-state index is 0.0896. The molecular formula is C14H28N4O2Si. The third-order valence-corrected chi connectivity index (χ3v) is 4.75. The zero-order valence-electron chi connectivity index (χ0n) is 14.1. The Morgan fingerprint density at radius 2 is 2.10 bits per heavy atom. The van der Waals surface area contributed by atoms with E-state index >= 15 is 0 Å². The van der Waals surface area contributed by atoms with Gasteiger partial charge in [0.15, 0.2) is 0 Å². The zero-order chi connectivity index (χ0) is 16.0. The molecule has 0 radical (unpaired) electrons. The molecule has 1 aromatic rings. The predicted molar refractivity (Wildman–Crippen MR) is 87.1 cm³/mol. The summed E-state index contributed by atoms with van der Waals surface area (Å²) in [6.45, 7) is 8.78. The van der Waals surface area contributed by atoms with Gasteiger partial charge in [-0.2, -0.15) is 0 Å². The van der Waals surface area contributed by atoms with Crippen molar-refractivity contribution < 1.29 is 9.53 Å². The van der Waals surface area contributed by atoms with E-state index in [2.05, 4.69) is 29.9 Å². The van der Waals surface area contributed by atoms with Crippen LogP contribution in [0.1, 0.15) is 16.3 Å². The Morgan fingerprint density at radius 3 is 2.62 bits per heavy atom. The molecule has 0 aliphatic rings. The lowest BCUT2D eigenvalue weighted by atomic mass is 10.4. The summed E-state index contributed by atoms with van der Waals surface area (Å²) in [6.07, 6.45) is 1.77. The third kappa shape index (κ3) is 5.99. The summed E-state index contributed by atoms with van der Waals surface area (Å²) in [6, 6.07) is 1.13. The monoisotopic (exact) mass is 312 g/mol. The summed E-state index contributed by atoms with van der Waals surface area (Å²) < 4.78 is 7.64. The molecule has 0 atom stereocenters. The second-order valence-electron chi connectivity index (χ2n) is 6.59. The number of ether oxygens (including phenoxy) is 1. The van der Waals surface area contributed by atoms with E-state index in [0.717, 1.165) is 18.5 Å². The Bertz CT molecular complexity index is 466. The highest BCUT2D eigenvalue weighted by Crippen LogP contribution is 2.10. The first-order chi connectivity index (χ1) is 9.74. The van der Waals surface area contributed by atoms with Gasteiger partial charge in [-0.3, -0.25) is 4.79 Å². The highest BCUT2D eigenvalue weighted by molar-refractivity contribution is 6.76. The van der Waals surface area contributed by atoms with Crippen molar-refractivity contribution in [3.8, 4) is 0 Å². The first-order valence-corrected chi connectivity index (χ1v) is 11.0. The second kappa shape index (κ2) is 7.72. The van der Waals surface area contributed by atoms with E-state index in [9.17, 15) is 4.79 Å². The largest absolute Gasteiger partial charge is 0.361 e. The summed E-state index contributed by atoms with van der Waals surface area (Å²) >= 11 is 0. The molecule has 0 spiro atoms. The van der Waals surface area contributed by atoms with Crippen molar-refractivity contribution in [2.45, 2.75) is 39.0 Å². The number of carbonyl (C=O) groups excluding carboxylic acids is 1. The predicted octanol–water partition coefficient (Wildman–Crippen LogP) is 1.62. The molecule has 1 heterocycles. The van der Waals surface area contributed by atoms with E-state index < -0.39 is 8.07 Å². The Balaban J connectivity index is 2.69. The van der Waals surface area contributed by atoms with Crippen molar-refractivity contribution in [2.24, 2.45) is 0 Å². The number of hydrogen-bond donors (Lipinski definition) is 1. The van der Waals surface area contributed by atoms with Crippen LogP contribution in [0.2, 0.25) is 25.7 Å². The van der Waals surface area contributed by atoms with Gasteiger partial charge in [0, 0.05) is 35.0 Å². The summed E-state index contributed by atoms with van der Waals surface area (Å²) in [5.41, 5.74) is 0.457. The molecule has 1 rings (SSSR count). The van der Waals surface area contributed by atoms with Crippen LogP contribution in [0.15, 0.2) is 6.20 Å². The fourth-order valence-corrected chi connectivity index (χ4v) is 2.50. The molecule has 0 bridgehead atoms. The summed E-state index contributed by atoms with van der Waals surface area (Å²) in [5.74, 6) is 0.726. The normalized spacial score (nSPS) is 11.7. The van der Waals surface area contributed by atoms with E-state index in [-0.39, 0.29) is 5.91 Å². The molecular weight excluding hydrogens is 284 g/mol. The maximum absolute atomic E-state index is 12.0. The Hall–Kier alpha value is -1.18. The quantitative estimate of drug-likeness (QED) is 0.585. The van der Waals surface area contributed by atoms with Gasteiger partial charge in [0.1, 0.15) is 18.2 Å². The van der Waals surface area contributed by atoms with Crippen LogP contribution in [0.4, 0.5) is 0 Å². The number of rotatable bonds is 8. The first-order valence-electron chi connectivity index (χ1n) is 7.24. The lowest BCUT2D eigenvalue weighted by Crippen LogP contribution is -2.22. The van der Waals surface area contributed by atoms with Gasteiger partial charge in [0.25, 0.3) is 5.91 Å². The van der Waals surface area contributed by atoms with E-state index in [1.807, 2.05) is 11.6 Å². The van der Waals surface area contributed by atoms with Crippen molar-refractivity contribution in [3.05, 3.63) is 17.7 Å². The average molecular weight is 312 g/mol. The highest BCUT2D eigenvalue weighted by Gasteiger charge is 2.16. The summed E-state index contributed by atoms with van der Waals surface area (Å²) in [4.78, 5) is 17.9. The van der Waals surface area contributed by atoms with Crippen LogP contribution in [0.5, 0.6) is 0 Å². The SMILES string of the molecule is CNCc1nc(C(=O)N(C)C)cn1COCC[Si](C)(C)C. The molecule has 6 nitrogen and oxygen atoms in total. The van der Waals surface area contributed by atoms with Crippen molar-refractivity contribution in [2.75, 3.05) is 27.7 Å². The van der Waals surface area contributed by atoms with E-state index in [0.29, 0.717) is 19.0 Å². The number of nitrogens with zero attached hydrogens (tertiary/aromatic N) is 3. The van der Waals surface area contributed by atoms with Gasteiger partial charge < -0.3 is 19.5 Å². The maximum atomic E-state index is 12.0. The van der Waals surface area contributed by atoms with Crippen LogP contribution in [-0.4, -0.2) is 56.2 Å². The molecule has 0 unspecified atom stereocenters. The van der Waals surface area contributed by atoms with Crippen LogP contribution in [-0.2, 0) is 18.0 Å². The smallest absolute Gasteiger partial charge is 0.273 e. The van der Waals surface area contributed by atoms with Gasteiger partial charge in [-0.1, -0.05) is 19.6 Å². The Morgan fingerprint density at radius 1 is 1.43 bits per heavy atom. The minimum Gasteiger partial charge on any atom is -0.361 e. The molecule has 0 fully saturated rings. The van der Waals surface area contributed by atoms with Crippen molar-refractivity contribution in [1.82, 2.24) is 19.8 Å². The van der Waals surface area contributed by atoms with Crippen LogP contribution < -0.4 is 5.32 Å². The number of carbonyl (C=O) groups is 1. The minimum atomic E-state index is -1.07. The molecule has 1 amide bonds. The van der Waals surface area contributed by atoms with Gasteiger partial charge >= 0.3 is 0 Å². The van der Waals surface area contributed by atoms with Crippen LogP contribution in [0, 0.1) is 0 Å². The van der Waals surface area contributed by atoms with Crippen molar-refractivity contribution >= 4 is 14.0 Å². The molecule has 0 saturated heterocycles. The Kier molecular flexibility index (Phi) is 6.57. The van der Waals surface area contributed by atoms with Gasteiger partial charge in [-0.15, -0.1) is 0 Å². The van der Waals surface area contributed by atoms with Gasteiger partial charge in [-0.25, -0.2) is 4.98 Å². The van der Waals surface area contributed by atoms with E-state index in [1.165, 1.54) is 4.90 Å².